The third kappa shape index (κ3) is 3.23. The van der Waals surface area contributed by atoms with Crippen molar-refractivity contribution in [2.75, 3.05) is 33.4 Å². The number of ether oxygens (including phenoxy) is 2. The fraction of sp³-hybridized carbons (Fsp3) is 1.00. The standard InChI is InChI=1S/C11H23NO2/c1-4-10(2)7-12-8-11(13-3)5-6-14-9-11/h10,12H,4-9H2,1-3H3. The van der Waals surface area contributed by atoms with Crippen LogP contribution in [0.25, 0.3) is 0 Å². The van der Waals surface area contributed by atoms with Crippen LogP contribution in [0.1, 0.15) is 26.7 Å². The van der Waals surface area contributed by atoms with Gasteiger partial charge in [0, 0.05) is 26.7 Å². The predicted octanol–water partition coefficient (Wildman–Crippen LogP) is 1.43. The maximum atomic E-state index is 5.53. The molecule has 84 valence electrons. The van der Waals surface area contributed by atoms with E-state index in [4.69, 9.17) is 9.47 Å². The third-order valence-electron chi connectivity index (χ3n) is 3.14. The summed E-state index contributed by atoms with van der Waals surface area (Å²) in [5.74, 6) is 0.742. The van der Waals surface area contributed by atoms with Gasteiger partial charge >= 0.3 is 0 Å². The van der Waals surface area contributed by atoms with E-state index in [1.807, 2.05) is 0 Å². The second-order valence-electron chi connectivity index (χ2n) is 4.33. The summed E-state index contributed by atoms with van der Waals surface area (Å²) in [5.41, 5.74) is -0.0620. The number of rotatable bonds is 6. The van der Waals surface area contributed by atoms with E-state index in [1.165, 1.54) is 6.42 Å². The smallest absolute Gasteiger partial charge is 0.106 e. The molecule has 1 N–H and O–H groups in total. The molecule has 0 amide bonds. The van der Waals surface area contributed by atoms with Gasteiger partial charge in [-0.3, -0.25) is 0 Å². The summed E-state index contributed by atoms with van der Waals surface area (Å²) in [6, 6.07) is 0. The highest BCUT2D eigenvalue weighted by Crippen LogP contribution is 2.21. The first-order chi connectivity index (χ1) is 6.72. The lowest BCUT2D eigenvalue weighted by Gasteiger charge is -2.26. The molecule has 0 aliphatic carbocycles. The van der Waals surface area contributed by atoms with Gasteiger partial charge in [0.05, 0.1) is 6.61 Å². The van der Waals surface area contributed by atoms with Crippen molar-refractivity contribution >= 4 is 0 Å². The Bertz CT molecular complexity index is 155. The Morgan fingerprint density at radius 3 is 2.86 bits per heavy atom. The molecule has 0 aromatic carbocycles. The zero-order chi connectivity index (χ0) is 10.4. The SMILES string of the molecule is CCC(C)CNCC1(OC)CCOC1. The molecule has 0 bridgehead atoms. The molecular formula is C11H23NO2. The zero-order valence-electron chi connectivity index (χ0n) is 9.64. The molecule has 14 heavy (non-hydrogen) atoms. The third-order valence-corrected chi connectivity index (χ3v) is 3.14. The minimum absolute atomic E-state index is 0.0620. The minimum atomic E-state index is -0.0620. The summed E-state index contributed by atoms with van der Waals surface area (Å²) in [4.78, 5) is 0. The zero-order valence-corrected chi connectivity index (χ0v) is 9.64. The first-order valence-corrected chi connectivity index (χ1v) is 5.56. The lowest BCUT2D eigenvalue weighted by molar-refractivity contribution is -0.0160. The van der Waals surface area contributed by atoms with Crippen molar-refractivity contribution in [1.82, 2.24) is 5.32 Å². The van der Waals surface area contributed by atoms with Crippen LogP contribution < -0.4 is 5.32 Å². The van der Waals surface area contributed by atoms with E-state index in [9.17, 15) is 0 Å². The van der Waals surface area contributed by atoms with Gasteiger partial charge in [-0.25, -0.2) is 0 Å². The normalized spacial score (nSPS) is 29.4. The van der Waals surface area contributed by atoms with Crippen molar-refractivity contribution < 1.29 is 9.47 Å². The molecule has 3 heteroatoms. The second-order valence-corrected chi connectivity index (χ2v) is 4.33. The van der Waals surface area contributed by atoms with E-state index in [1.54, 1.807) is 7.11 Å². The summed E-state index contributed by atoms with van der Waals surface area (Å²) in [6.45, 7) is 8.03. The van der Waals surface area contributed by atoms with Gasteiger partial charge in [0.25, 0.3) is 0 Å². The number of hydrogen-bond donors (Lipinski definition) is 1. The summed E-state index contributed by atoms with van der Waals surface area (Å²) >= 11 is 0. The lowest BCUT2D eigenvalue weighted by atomic mass is 10.0. The molecule has 0 aromatic rings. The average Bonchev–Trinajstić information content (AvgIpc) is 2.67. The van der Waals surface area contributed by atoms with Crippen molar-refractivity contribution in [2.24, 2.45) is 5.92 Å². The van der Waals surface area contributed by atoms with Crippen LogP contribution in [0, 0.1) is 5.92 Å². The van der Waals surface area contributed by atoms with E-state index >= 15 is 0 Å². The number of nitrogens with one attached hydrogen (secondary N) is 1. The highest BCUT2D eigenvalue weighted by atomic mass is 16.5. The van der Waals surface area contributed by atoms with Crippen LogP contribution in [0.3, 0.4) is 0 Å². The largest absolute Gasteiger partial charge is 0.378 e. The molecule has 1 heterocycles. The first kappa shape index (κ1) is 12.0. The molecule has 2 atom stereocenters. The summed E-state index contributed by atoms with van der Waals surface area (Å²) in [7, 11) is 1.78. The molecule has 1 saturated heterocycles. The van der Waals surface area contributed by atoms with Crippen LogP contribution in [0.2, 0.25) is 0 Å². The van der Waals surface area contributed by atoms with E-state index < -0.39 is 0 Å². The summed E-state index contributed by atoms with van der Waals surface area (Å²) < 4.78 is 10.9. The Hall–Kier alpha value is -0.120. The summed E-state index contributed by atoms with van der Waals surface area (Å²) in [5, 5.41) is 3.46. The van der Waals surface area contributed by atoms with Gasteiger partial charge in [-0.1, -0.05) is 20.3 Å². The van der Waals surface area contributed by atoms with Gasteiger partial charge in [-0.05, 0) is 12.5 Å². The van der Waals surface area contributed by atoms with Crippen LogP contribution in [0.5, 0.6) is 0 Å². The molecule has 1 aliphatic heterocycles. The Kier molecular flexibility index (Phi) is 4.85. The van der Waals surface area contributed by atoms with Gasteiger partial charge in [-0.15, -0.1) is 0 Å². The van der Waals surface area contributed by atoms with Crippen molar-refractivity contribution in [3.8, 4) is 0 Å². The maximum absolute atomic E-state index is 5.53. The Morgan fingerprint density at radius 1 is 1.57 bits per heavy atom. The minimum Gasteiger partial charge on any atom is -0.378 e. The molecule has 2 unspecified atom stereocenters. The maximum Gasteiger partial charge on any atom is 0.106 e. The van der Waals surface area contributed by atoms with Crippen LogP contribution >= 0.6 is 0 Å². The number of methoxy groups -OCH3 is 1. The van der Waals surface area contributed by atoms with Crippen LogP contribution in [-0.2, 0) is 9.47 Å². The van der Waals surface area contributed by atoms with Crippen molar-refractivity contribution in [3.05, 3.63) is 0 Å². The highest BCUT2D eigenvalue weighted by Gasteiger charge is 2.34. The van der Waals surface area contributed by atoms with E-state index in [2.05, 4.69) is 19.2 Å². The van der Waals surface area contributed by atoms with Crippen molar-refractivity contribution in [3.63, 3.8) is 0 Å². The molecule has 1 rings (SSSR count). The van der Waals surface area contributed by atoms with Gasteiger partial charge in [0.15, 0.2) is 0 Å². The fourth-order valence-corrected chi connectivity index (χ4v) is 1.65. The molecule has 0 aromatic heterocycles. The van der Waals surface area contributed by atoms with E-state index in [-0.39, 0.29) is 5.60 Å². The van der Waals surface area contributed by atoms with Crippen LogP contribution in [-0.4, -0.2) is 39.0 Å². The quantitative estimate of drug-likeness (QED) is 0.705. The Morgan fingerprint density at radius 2 is 2.36 bits per heavy atom. The Labute approximate surface area is 87.2 Å². The molecule has 0 spiro atoms. The molecule has 3 nitrogen and oxygen atoms in total. The van der Waals surface area contributed by atoms with Crippen LogP contribution in [0.4, 0.5) is 0 Å². The second kappa shape index (κ2) is 5.69. The Balaban J connectivity index is 2.21. The predicted molar refractivity (Wildman–Crippen MR) is 57.5 cm³/mol. The summed E-state index contributed by atoms with van der Waals surface area (Å²) in [6.07, 6.45) is 2.24. The molecule has 0 saturated carbocycles. The van der Waals surface area contributed by atoms with Gasteiger partial charge in [-0.2, -0.15) is 0 Å². The van der Waals surface area contributed by atoms with Gasteiger partial charge < -0.3 is 14.8 Å². The van der Waals surface area contributed by atoms with Crippen molar-refractivity contribution in [1.29, 1.82) is 0 Å². The van der Waals surface area contributed by atoms with E-state index in [0.29, 0.717) is 0 Å². The topological polar surface area (TPSA) is 30.5 Å². The fourth-order valence-electron chi connectivity index (χ4n) is 1.65. The molecule has 1 aliphatic rings. The first-order valence-electron chi connectivity index (χ1n) is 5.56. The highest BCUT2D eigenvalue weighted by molar-refractivity contribution is 4.86. The molecule has 0 radical (unpaired) electrons. The van der Waals surface area contributed by atoms with Gasteiger partial charge in [0.1, 0.15) is 5.60 Å². The van der Waals surface area contributed by atoms with Crippen LogP contribution in [0.15, 0.2) is 0 Å². The van der Waals surface area contributed by atoms with E-state index in [0.717, 1.165) is 38.6 Å². The van der Waals surface area contributed by atoms with Gasteiger partial charge in [0.2, 0.25) is 0 Å². The molecular weight excluding hydrogens is 178 g/mol. The monoisotopic (exact) mass is 201 g/mol. The average molecular weight is 201 g/mol. The molecule has 1 fully saturated rings. The lowest BCUT2D eigenvalue weighted by Crippen LogP contribution is -2.44. The van der Waals surface area contributed by atoms with Crippen molar-refractivity contribution in [2.45, 2.75) is 32.3 Å². The number of hydrogen-bond acceptors (Lipinski definition) is 3.